The summed E-state index contributed by atoms with van der Waals surface area (Å²) in [5.74, 6) is 1.05. The number of rotatable bonds is 6. The smallest absolute Gasteiger partial charge is 0.277 e. The number of carbonyl (C=O) groups is 1. The molecule has 0 aliphatic heterocycles. The fourth-order valence-corrected chi connectivity index (χ4v) is 2.17. The molecule has 2 aromatic carbocycles. The Kier molecular flexibility index (Phi) is 6.21. The molecule has 1 amide bonds. The lowest BCUT2D eigenvalue weighted by atomic mass is 10.1. The van der Waals surface area contributed by atoms with Gasteiger partial charge in [0.15, 0.2) is 6.61 Å². The van der Waals surface area contributed by atoms with Crippen LogP contribution >= 0.6 is 11.6 Å². The highest BCUT2D eigenvalue weighted by Gasteiger charge is 2.03. The van der Waals surface area contributed by atoms with Crippen LogP contribution in [0.1, 0.15) is 16.7 Å². The van der Waals surface area contributed by atoms with Crippen molar-refractivity contribution in [1.29, 1.82) is 0 Å². The van der Waals surface area contributed by atoms with Crippen molar-refractivity contribution in [3.63, 3.8) is 0 Å². The summed E-state index contributed by atoms with van der Waals surface area (Å²) >= 11 is 5.94. The molecule has 0 saturated carbocycles. The number of hydrazone groups is 1. The van der Waals surface area contributed by atoms with Crippen LogP contribution in [0.3, 0.4) is 0 Å². The van der Waals surface area contributed by atoms with Crippen molar-refractivity contribution < 1.29 is 14.3 Å². The lowest BCUT2D eigenvalue weighted by molar-refractivity contribution is -0.123. The van der Waals surface area contributed by atoms with E-state index in [4.69, 9.17) is 21.1 Å². The van der Waals surface area contributed by atoms with E-state index in [2.05, 4.69) is 10.5 Å². The number of carbonyl (C=O) groups excluding carboxylic acids is 1. The van der Waals surface area contributed by atoms with Crippen LogP contribution in [-0.4, -0.2) is 25.8 Å². The first-order valence-electron chi connectivity index (χ1n) is 7.35. The van der Waals surface area contributed by atoms with Crippen LogP contribution in [0.5, 0.6) is 11.5 Å². The Hall–Kier alpha value is -2.53. The van der Waals surface area contributed by atoms with Gasteiger partial charge in [0.2, 0.25) is 0 Å². The average molecular weight is 347 g/mol. The molecule has 0 unspecified atom stereocenters. The molecule has 5 nitrogen and oxygen atoms in total. The number of halogens is 1. The minimum atomic E-state index is -0.343. The molecule has 0 aliphatic carbocycles. The van der Waals surface area contributed by atoms with Gasteiger partial charge in [0.1, 0.15) is 11.5 Å². The molecule has 0 spiro atoms. The molecule has 0 bridgehead atoms. The summed E-state index contributed by atoms with van der Waals surface area (Å²) in [6, 6.07) is 10.8. The number of benzene rings is 2. The van der Waals surface area contributed by atoms with E-state index < -0.39 is 0 Å². The van der Waals surface area contributed by atoms with Crippen molar-refractivity contribution in [2.75, 3.05) is 13.7 Å². The Bertz CT molecular complexity index is 760. The molecule has 2 aromatic rings. The van der Waals surface area contributed by atoms with E-state index in [1.54, 1.807) is 31.5 Å². The predicted octanol–water partition coefficient (Wildman–Crippen LogP) is 3.49. The molecule has 0 aliphatic rings. The van der Waals surface area contributed by atoms with E-state index in [1.807, 2.05) is 32.0 Å². The maximum absolute atomic E-state index is 11.7. The summed E-state index contributed by atoms with van der Waals surface area (Å²) in [5, 5.41) is 4.57. The second kappa shape index (κ2) is 8.36. The highest BCUT2D eigenvalue weighted by Crippen LogP contribution is 2.21. The van der Waals surface area contributed by atoms with E-state index >= 15 is 0 Å². The zero-order valence-corrected chi connectivity index (χ0v) is 14.6. The molecule has 0 heterocycles. The summed E-state index contributed by atoms with van der Waals surface area (Å²) in [7, 11) is 1.62. The molecule has 2 rings (SSSR count). The van der Waals surface area contributed by atoms with Gasteiger partial charge in [0.05, 0.1) is 13.3 Å². The molecular formula is C18H19ClN2O3. The van der Waals surface area contributed by atoms with Gasteiger partial charge in [-0.2, -0.15) is 5.10 Å². The Labute approximate surface area is 146 Å². The molecule has 126 valence electrons. The SMILES string of the molecule is COc1ccc(C=NNC(=O)COc2ccc(Cl)c(C)c2)cc1C. The molecule has 0 radical (unpaired) electrons. The first-order chi connectivity index (χ1) is 11.5. The maximum atomic E-state index is 11.7. The zero-order chi connectivity index (χ0) is 17.5. The summed E-state index contributed by atoms with van der Waals surface area (Å²) in [5.41, 5.74) is 5.17. The second-order valence-corrected chi connectivity index (χ2v) is 5.63. The standard InChI is InChI=1S/C18H19ClN2O3/c1-12-9-15(5-6-16(12)19)24-11-18(22)21-20-10-14-4-7-17(23-3)13(2)8-14/h4-10H,11H2,1-3H3,(H,21,22). The van der Waals surface area contributed by atoms with Crippen molar-refractivity contribution in [1.82, 2.24) is 5.43 Å². The van der Waals surface area contributed by atoms with Crippen LogP contribution < -0.4 is 14.9 Å². The van der Waals surface area contributed by atoms with Crippen LogP contribution in [0.4, 0.5) is 0 Å². The predicted molar refractivity (Wildman–Crippen MR) is 95.2 cm³/mol. The lowest BCUT2D eigenvalue weighted by Gasteiger charge is -2.07. The van der Waals surface area contributed by atoms with Crippen molar-refractivity contribution >= 4 is 23.7 Å². The Morgan fingerprint density at radius 1 is 1.21 bits per heavy atom. The summed E-state index contributed by atoms with van der Waals surface area (Å²) in [4.78, 5) is 11.7. The Morgan fingerprint density at radius 2 is 2.00 bits per heavy atom. The van der Waals surface area contributed by atoms with Gasteiger partial charge in [0.25, 0.3) is 5.91 Å². The van der Waals surface area contributed by atoms with Crippen LogP contribution in [0.2, 0.25) is 5.02 Å². The molecule has 0 aromatic heterocycles. The van der Waals surface area contributed by atoms with Gasteiger partial charge in [-0.05, 0) is 66.9 Å². The van der Waals surface area contributed by atoms with Crippen LogP contribution in [0.25, 0.3) is 0 Å². The number of nitrogens with zero attached hydrogens (tertiary/aromatic N) is 1. The number of aryl methyl sites for hydroxylation is 2. The maximum Gasteiger partial charge on any atom is 0.277 e. The van der Waals surface area contributed by atoms with E-state index in [0.717, 1.165) is 22.4 Å². The van der Waals surface area contributed by atoms with Gasteiger partial charge in [-0.15, -0.1) is 0 Å². The molecule has 6 heteroatoms. The second-order valence-electron chi connectivity index (χ2n) is 5.22. The third kappa shape index (κ3) is 4.99. The normalized spacial score (nSPS) is 10.7. The van der Waals surface area contributed by atoms with E-state index in [-0.39, 0.29) is 12.5 Å². The molecule has 0 saturated heterocycles. The van der Waals surface area contributed by atoms with E-state index in [0.29, 0.717) is 10.8 Å². The molecule has 0 fully saturated rings. The third-order valence-electron chi connectivity index (χ3n) is 3.32. The first-order valence-corrected chi connectivity index (χ1v) is 7.73. The number of amides is 1. The van der Waals surface area contributed by atoms with Crippen LogP contribution in [0, 0.1) is 13.8 Å². The third-order valence-corrected chi connectivity index (χ3v) is 3.75. The molecule has 1 N–H and O–H groups in total. The van der Waals surface area contributed by atoms with Gasteiger partial charge < -0.3 is 9.47 Å². The highest BCUT2D eigenvalue weighted by atomic mass is 35.5. The number of hydrogen-bond donors (Lipinski definition) is 1. The largest absolute Gasteiger partial charge is 0.496 e. The topological polar surface area (TPSA) is 59.9 Å². The van der Waals surface area contributed by atoms with Gasteiger partial charge in [0, 0.05) is 5.02 Å². The monoisotopic (exact) mass is 346 g/mol. The summed E-state index contributed by atoms with van der Waals surface area (Å²) in [6.07, 6.45) is 1.57. The number of ether oxygens (including phenoxy) is 2. The first kappa shape index (κ1) is 17.8. The van der Waals surface area contributed by atoms with Crippen molar-refractivity contribution in [2.24, 2.45) is 5.10 Å². The Morgan fingerprint density at radius 3 is 2.67 bits per heavy atom. The minimum absolute atomic E-state index is 0.125. The zero-order valence-electron chi connectivity index (χ0n) is 13.8. The van der Waals surface area contributed by atoms with Crippen LogP contribution in [0.15, 0.2) is 41.5 Å². The van der Waals surface area contributed by atoms with Gasteiger partial charge in [-0.3, -0.25) is 4.79 Å². The van der Waals surface area contributed by atoms with E-state index in [1.165, 1.54) is 0 Å². The highest BCUT2D eigenvalue weighted by molar-refractivity contribution is 6.31. The molecular weight excluding hydrogens is 328 g/mol. The molecule has 0 atom stereocenters. The number of methoxy groups -OCH3 is 1. The summed E-state index contributed by atoms with van der Waals surface area (Å²) in [6.45, 7) is 3.69. The van der Waals surface area contributed by atoms with Crippen LogP contribution in [-0.2, 0) is 4.79 Å². The fraction of sp³-hybridized carbons (Fsp3) is 0.222. The number of hydrogen-bond acceptors (Lipinski definition) is 4. The number of nitrogens with one attached hydrogen (secondary N) is 1. The Balaban J connectivity index is 1.84. The van der Waals surface area contributed by atoms with Gasteiger partial charge >= 0.3 is 0 Å². The van der Waals surface area contributed by atoms with Crippen molar-refractivity contribution in [3.8, 4) is 11.5 Å². The van der Waals surface area contributed by atoms with Crippen molar-refractivity contribution in [2.45, 2.75) is 13.8 Å². The van der Waals surface area contributed by atoms with Gasteiger partial charge in [-0.25, -0.2) is 5.43 Å². The van der Waals surface area contributed by atoms with E-state index in [9.17, 15) is 4.79 Å². The molecule has 24 heavy (non-hydrogen) atoms. The minimum Gasteiger partial charge on any atom is -0.496 e. The van der Waals surface area contributed by atoms with Crippen molar-refractivity contribution in [3.05, 3.63) is 58.1 Å². The van der Waals surface area contributed by atoms with Gasteiger partial charge in [-0.1, -0.05) is 11.6 Å². The lowest BCUT2D eigenvalue weighted by Crippen LogP contribution is -2.24. The fourth-order valence-electron chi connectivity index (χ4n) is 2.05. The average Bonchev–Trinajstić information content (AvgIpc) is 2.56. The summed E-state index contributed by atoms with van der Waals surface area (Å²) < 4.78 is 10.6. The quantitative estimate of drug-likeness (QED) is 0.643.